The lowest BCUT2D eigenvalue weighted by atomic mass is 10.1. The Kier molecular flexibility index (Phi) is 3.40. The molecule has 3 heterocycles. The maximum atomic E-state index is 12.1. The molecular formula is C15H18N6O. The van der Waals surface area contributed by atoms with Gasteiger partial charge in [-0.1, -0.05) is 0 Å². The lowest BCUT2D eigenvalue weighted by molar-refractivity contribution is 0.783. The molecule has 22 heavy (non-hydrogen) atoms. The van der Waals surface area contributed by atoms with Crippen molar-refractivity contribution < 1.29 is 0 Å². The molecule has 7 heteroatoms. The summed E-state index contributed by atoms with van der Waals surface area (Å²) < 4.78 is 1.71. The van der Waals surface area contributed by atoms with Crippen molar-refractivity contribution in [2.75, 3.05) is 5.32 Å². The number of nitrogens with one attached hydrogen (secondary N) is 2. The van der Waals surface area contributed by atoms with Crippen molar-refractivity contribution >= 4 is 16.9 Å². The Labute approximate surface area is 127 Å². The van der Waals surface area contributed by atoms with Crippen LogP contribution in [0.15, 0.2) is 17.1 Å². The number of H-pyrrole nitrogens is 1. The molecule has 0 radical (unpaired) electrons. The van der Waals surface area contributed by atoms with Crippen LogP contribution in [0, 0.1) is 20.8 Å². The van der Waals surface area contributed by atoms with Gasteiger partial charge in [-0.15, -0.1) is 0 Å². The van der Waals surface area contributed by atoms with Crippen LogP contribution >= 0.6 is 0 Å². The first-order chi connectivity index (χ1) is 10.5. The number of fused-ring (bicyclic) bond motifs is 1. The number of nitrogens with zero attached hydrogens (tertiary/aromatic N) is 4. The molecule has 0 aromatic carbocycles. The second-order valence-electron chi connectivity index (χ2n) is 5.42. The molecule has 0 unspecified atom stereocenters. The lowest BCUT2D eigenvalue weighted by Gasteiger charge is -2.09. The standard InChI is InChI=1S/C15H18N6O/c1-8-5-9(2)18-15(22)11(8)6-16-13-12-7-17-21(4)14(12)20-10(3)19-13/h5,7H,6H2,1-4H3,(H,18,22)(H,16,19,20). The van der Waals surface area contributed by atoms with Gasteiger partial charge in [-0.2, -0.15) is 5.10 Å². The SMILES string of the molecule is Cc1nc(NCc2c(C)cc(C)[nH]c2=O)c2cnn(C)c2n1. The Hall–Kier alpha value is -2.70. The van der Waals surface area contributed by atoms with E-state index in [2.05, 4.69) is 25.4 Å². The zero-order valence-corrected chi connectivity index (χ0v) is 13.1. The van der Waals surface area contributed by atoms with Crippen molar-refractivity contribution in [3.8, 4) is 0 Å². The smallest absolute Gasteiger partial charge is 0.253 e. The molecule has 0 saturated heterocycles. The normalized spacial score (nSPS) is 11.1. The molecule has 0 aliphatic rings. The highest BCUT2D eigenvalue weighted by Gasteiger charge is 2.11. The number of anilines is 1. The first-order valence-corrected chi connectivity index (χ1v) is 7.05. The molecule has 3 aromatic heterocycles. The van der Waals surface area contributed by atoms with Gasteiger partial charge >= 0.3 is 0 Å². The van der Waals surface area contributed by atoms with E-state index in [0.29, 0.717) is 23.8 Å². The van der Waals surface area contributed by atoms with Crippen molar-refractivity contribution in [1.29, 1.82) is 0 Å². The summed E-state index contributed by atoms with van der Waals surface area (Å²) >= 11 is 0. The highest BCUT2D eigenvalue weighted by atomic mass is 16.1. The molecule has 0 bridgehead atoms. The number of aryl methyl sites for hydroxylation is 4. The Balaban J connectivity index is 1.97. The lowest BCUT2D eigenvalue weighted by Crippen LogP contribution is -2.19. The molecule has 0 atom stereocenters. The van der Waals surface area contributed by atoms with Crippen LogP contribution in [0.5, 0.6) is 0 Å². The fourth-order valence-electron chi connectivity index (χ4n) is 2.54. The zero-order chi connectivity index (χ0) is 15.9. The van der Waals surface area contributed by atoms with Gasteiger partial charge in [0.25, 0.3) is 5.56 Å². The van der Waals surface area contributed by atoms with Crippen molar-refractivity contribution in [3.63, 3.8) is 0 Å². The van der Waals surface area contributed by atoms with Crippen molar-refractivity contribution in [3.05, 3.63) is 45.3 Å². The fourth-order valence-corrected chi connectivity index (χ4v) is 2.54. The van der Waals surface area contributed by atoms with Gasteiger partial charge in [0, 0.05) is 24.8 Å². The highest BCUT2D eigenvalue weighted by molar-refractivity contribution is 5.86. The average molecular weight is 298 g/mol. The van der Waals surface area contributed by atoms with Gasteiger partial charge in [-0.3, -0.25) is 9.48 Å². The quantitative estimate of drug-likeness (QED) is 0.766. The summed E-state index contributed by atoms with van der Waals surface area (Å²) in [6.07, 6.45) is 1.73. The monoisotopic (exact) mass is 298 g/mol. The van der Waals surface area contributed by atoms with Gasteiger partial charge in [0.05, 0.1) is 11.6 Å². The molecule has 3 rings (SSSR count). The van der Waals surface area contributed by atoms with Crippen LogP contribution in [0.4, 0.5) is 5.82 Å². The molecule has 0 aliphatic carbocycles. The van der Waals surface area contributed by atoms with E-state index in [4.69, 9.17) is 0 Å². The zero-order valence-electron chi connectivity index (χ0n) is 13.1. The van der Waals surface area contributed by atoms with E-state index in [0.717, 1.165) is 22.3 Å². The van der Waals surface area contributed by atoms with Crippen LogP contribution in [0.2, 0.25) is 0 Å². The molecule has 0 spiro atoms. The van der Waals surface area contributed by atoms with Gasteiger partial charge in [0.2, 0.25) is 0 Å². The summed E-state index contributed by atoms with van der Waals surface area (Å²) in [4.78, 5) is 23.7. The van der Waals surface area contributed by atoms with Gasteiger partial charge < -0.3 is 10.3 Å². The van der Waals surface area contributed by atoms with Crippen LogP contribution in [0.1, 0.15) is 22.6 Å². The predicted octanol–water partition coefficient (Wildman–Crippen LogP) is 1.59. The van der Waals surface area contributed by atoms with Crippen LogP contribution in [0.3, 0.4) is 0 Å². The summed E-state index contributed by atoms with van der Waals surface area (Å²) in [6.45, 7) is 6.05. The molecule has 7 nitrogen and oxygen atoms in total. The summed E-state index contributed by atoms with van der Waals surface area (Å²) in [7, 11) is 1.84. The third-order valence-electron chi connectivity index (χ3n) is 3.63. The van der Waals surface area contributed by atoms with E-state index in [1.165, 1.54) is 0 Å². The average Bonchev–Trinajstić information content (AvgIpc) is 2.79. The largest absolute Gasteiger partial charge is 0.365 e. The summed E-state index contributed by atoms with van der Waals surface area (Å²) in [6, 6.07) is 1.96. The minimum Gasteiger partial charge on any atom is -0.365 e. The third kappa shape index (κ3) is 2.45. The molecule has 3 aromatic rings. The van der Waals surface area contributed by atoms with Crippen molar-refractivity contribution in [1.82, 2.24) is 24.7 Å². The molecule has 0 fully saturated rings. The molecular weight excluding hydrogens is 280 g/mol. The van der Waals surface area contributed by atoms with E-state index in [9.17, 15) is 4.79 Å². The molecule has 2 N–H and O–H groups in total. The van der Waals surface area contributed by atoms with E-state index in [-0.39, 0.29) is 5.56 Å². The van der Waals surface area contributed by atoms with Crippen LogP contribution < -0.4 is 10.9 Å². The van der Waals surface area contributed by atoms with Crippen molar-refractivity contribution in [2.45, 2.75) is 27.3 Å². The second-order valence-corrected chi connectivity index (χ2v) is 5.42. The number of pyridine rings is 1. The molecule has 0 saturated carbocycles. The number of aromatic amines is 1. The number of aromatic nitrogens is 5. The summed E-state index contributed by atoms with van der Waals surface area (Å²) in [5.41, 5.74) is 3.22. The topological polar surface area (TPSA) is 88.5 Å². The maximum Gasteiger partial charge on any atom is 0.253 e. The maximum absolute atomic E-state index is 12.1. The molecule has 114 valence electrons. The van der Waals surface area contributed by atoms with Crippen molar-refractivity contribution in [2.24, 2.45) is 7.05 Å². The minimum absolute atomic E-state index is 0.0711. The van der Waals surface area contributed by atoms with E-state index >= 15 is 0 Å². The number of hydrogen-bond acceptors (Lipinski definition) is 5. The van der Waals surface area contributed by atoms with Crippen LogP contribution in [-0.2, 0) is 13.6 Å². The van der Waals surface area contributed by atoms with Crippen LogP contribution in [-0.4, -0.2) is 24.7 Å². The summed E-state index contributed by atoms with van der Waals surface area (Å²) in [5, 5.41) is 8.28. The second kappa shape index (κ2) is 5.25. The number of hydrogen-bond donors (Lipinski definition) is 2. The van der Waals surface area contributed by atoms with Gasteiger partial charge in [-0.25, -0.2) is 9.97 Å². The summed E-state index contributed by atoms with van der Waals surface area (Å²) in [5.74, 6) is 1.35. The first kappa shape index (κ1) is 14.2. The van der Waals surface area contributed by atoms with Crippen LogP contribution in [0.25, 0.3) is 11.0 Å². The van der Waals surface area contributed by atoms with Gasteiger partial charge in [0.15, 0.2) is 5.65 Å². The Morgan fingerprint density at radius 2 is 2.05 bits per heavy atom. The van der Waals surface area contributed by atoms with E-state index < -0.39 is 0 Å². The Morgan fingerprint density at radius 3 is 2.77 bits per heavy atom. The molecule has 0 amide bonds. The predicted molar refractivity (Wildman–Crippen MR) is 84.9 cm³/mol. The van der Waals surface area contributed by atoms with E-state index in [1.54, 1.807) is 10.9 Å². The van der Waals surface area contributed by atoms with E-state index in [1.807, 2.05) is 33.9 Å². The van der Waals surface area contributed by atoms with Gasteiger partial charge in [0.1, 0.15) is 11.6 Å². The van der Waals surface area contributed by atoms with Gasteiger partial charge in [-0.05, 0) is 32.4 Å². The first-order valence-electron chi connectivity index (χ1n) is 7.05. The Bertz CT molecular complexity index is 908. The highest BCUT2D eigenvalue weighted by Crippen LogP contribution is 2.20. The Morgan fingerprint density at radius 1 is 1.27 bits per heavy atom. The molecule has 0 aliphatic heterocycles. The third-order valence-corrected chi connectivity index (χ3v) is 3.63. The fraction of sp³-hybridized carbons (Fsp3) is 0.333. The minimum atomic E-state index is -0.0711. The number of rotatable bonds is 3.